The number of ether oxygens (including phenoxy) is 2. The van der Waals surface area contributed by atoms with E-state index < -0.39 is 0 Å². The number of morpholine rings is 1. The number of hydrogen-bond donors (Lipinski definition) is 1. The first kappa shape index (κ1) is 12.5. The summed E-state index contributed by atoms with van der Waals surface area (Å²) in [5.74, 6) is 0. The number of aromatic nitrogens is 2. The van der Waals surface area contributed by atoms with Gasteiger partial charge in [0.2, 0.25) is 0 Å². The summed E-state index contributed by atoms with van der Waals surface area (Å²) in [6.07, 6.45) is 3.73. The topological polar surface area (TPSA) is 50.4 Å². The Balaban J connectivity index is 1.97. The fourth-order valence-corrected chi connectivity index (χ4v) is 2.42. The zero-order valence-corrected chi connectivity index (χ0v) is 10.8. The molecule has 2 heterocycles. The Bertz CT molecular complexity index is 338. The summed E-state index contributed by atoms with van der Waals surface area (Å²) in [7, 11) is 1.71. The van der Waals surface area contributed by atoms with Crippen molar-refractivity contribution in [1.29, 1.82) is 0 Å². The zero-order chi connectivity index (χ0) is 12.3. The Morgan fingerprint density at radius 3 is 3.12 bits per heavy atom. The maximum atomic E-state index is 5.97. The van der Waals surface area contributed by atoms with Gasteiger partial charge in [-0.3, -0.25) is 4.90 Å². The number of rotatable bonds is 4. The quantitative estimate of drug-likeness (QED) is 0.853. The highest BCUT2D eigenvalue weighted by Crippen LogP contribution is 2.22. The summed E-state index contributed by atoms with van der Waals surface area (Å²) in [4.78, 5) is 9.55. The molecule has 1 saturated heterocycles. The van der Waals surface area contributed by atoms with Gasteiger partial charge in [0.25, 0.3) is 0 Å². The van der Waals surface area contributed by atoms with Crippen LogP contribution < -0.4 is 0 Å². The molecule has 1 atom stereocenters. The van der Waals surface area contributed by atoms with Crippen LogP contribution in [0.25, 0.3) is 0 Å². The molecule has 0 amide bonds. The maximum Gasteiger partial charge on any atom is 0.0942 e. The minimum absolute atomic E-state index is 0.124. The van der Waals surface area contributed by atoms with Crippen LogP contribution >= 0.6 is 0 Å². The van der Waals surface area contributed by atoms with Crippen molar-refractivity contribution < 1.29 is 9.47 Å². The summed E-state index contributed by atoms with van der Waals surface area (Å²) >= 11 is 0. The molecule has 17 heavy (non-hydrogen) atoms. The zero-order valence-electron chi connectivity index (χ0n) is 10.8. The number of nitrogens with one attached hydrogen (secondary N) is 1. The van der Waals surface area contributed by atoms with E-state index in [1.54, 1.807) is 13.4 Å². The Labute approximate surface area is 102 Å². The van der Waals surface area contributed by atoms with Gasteiger partial charge in [-0.15, -0.1) is 0 Å². The fourth-order valence-electron chi connectivity index (χ4n) is 2.42. The van der Waals surface area contributed by atoms with Gasteiger partial charge in [0.05, 0.1) is 24.6 Å². The maximum absolute atomic E-state index is 5.97. The first-order valence-corrected chi connectivity index (χ1v) is 5.95. The van der Waals surface area contributed by atoms with Gasteiger partial charge >= 0.3 is 0 Å². The van der Waals surface area contributed by atoms with E-state index in [0.29, 0.717) is 6.61 Å². The first-order chi connectivity index (χ1) is 8.09. The van der Waals surface area contributed by atoms with Crippen LogP contribution in [0.3, 0.4) is 0 Å². The average molecular weight is 239 g/mol. The Morgan fingerprint density at radius 2 is 2.47 bits per heavy atom. The number of imidazole rings is 1. The van der Waals surface area contributed by atoms with Crippen molar-refractivity contribution in [3.05, 3.63) is 18.2 Å². The van der Waals surface area contributed by atoms with Gasteiger partial charge in [-0.25, -0.2) is 4.98 Å². The Hall–Kier alpha value is -0.910. The van der Waals surface area contributed by atoms with E-state index in [0.717, 1.165) is 25.3 Å². The van der Waals surface area contributed by atoms with Gasteiger partial charge in [0.15, 0.2) is 0 Å². The fraction of sp³-hybridized carbons (Fsp3) is 0.750. The van der Waals surface area contributed by atoms with E-state index in [1.807, 2.05) is 6.20 Å². The predicted molar refractivity (Wildman–Crippen MR) is 64.7 cm³/mol. The molecule has 1 aliphatic rings. The molecule has 96 valence electrons. The van der Waals surface area contributed by atoms with Crippen LogP contribution in [0, 0.1) is 0 Å². The van der Waals surface area contributed by atoms with E-state index in [-0.39, 0.29) is 11.7 Å². The van der Waals surface area contributed by atoms with Gasteiger partial charge < -0.3 is 14.5 Å². The largest absolute Gasteiger partial charge is 0.382 e. The number of methoxy groups -OCH3 is 1. The second-order valence-electron chi connectivity index (χ2n) is 5.20. The van der Waals surface area contributed by atoms with E-state index in [4.69, 9.17) is 9.47 Å². The first-order valence-electron chi connectivity index (χ1n) is 5.95. The molecule has 1 aromatic heterocycles. The Kier molecular flexibility index (Phi) is 3.81. The molecular weight excluding hydrogens is 218 g/mol. The van der Waals surface area contributed by atoms with Crippen LogP contribution in [0.4, 0.5) is 0 Å². The van der Waals surface area contributed by atoms with Crippen LogP contribution in [-0.4, -0.2) is 53.4 Å². The molecule has 1 aromatic rings. The normalized spacial score (nSPS) is 25.0. The SMILES string of the molecule is COC[C@H]1CN(Cc2cnc[nH]2)CC(C)(C)O1. The molecule has 2 rings (SSSR count). The highest BCUT2D eigenvalue weighted by molar-refractivity contribution is 4.96. The smallest absolute Gasteiger partial charge is 0.0942 e. The third-order valence-corrected chi connectivity index (χ3v) is 2.85. The molecule has 0 spiro atoms. The summed E-state index contributed by atoms with van der Waals surface area (Å²) < 4.78 is 11.2. The van der Waals surface area contributed by atoms with Crippen molar-refractivity contribution >= 4 is 0 Å². The molecule has 1 N–H and O–H groups in total. The summed E-state index contributed by atoms with van der Waals surface area (Å²) in [5, 5.41) is 0. The minimum Gasteiger partial charge on any atom is -0.382 e. The molecule has 0 saturated carbocycles. The number of nitrogens with zero attached hydrogens (tertiary/aromatic N) is 2. The second-order valence-corrected chi connectivity index (χ2v) is 5.20. The van der Waals surface area contributed by atoms with Crippen molar-refractivity contribution in [2.45, 2.75) is 32.1 Å². The predicted octanol–water partition coefficient (Wildman–Crippen LogP) is 1.04. The molecule has 0 aromatic carbocycles. The highest BCUT2D eigenvalue weighted by Gasteiger charge is 2.33. The number of H-pyrrole nitrogens is 1. The molecule has 0 radical (unpaired) electrons. The summed E-state index contributed by atoms with van der Waals surface area (Å²) in [5.41, 5.74) is 1.01. The highest BCUT2D eigenvalue weighted by atomic mass is 16.5. The van der Waals surface area contributed by atoms with Gasteiger partial charge in [-0.2, -0.15) is 0 Å². The standard InChI is InChI=1S/C12H21N3O2/c1-12(2)8-15(5-10-4-13-9-14-10)6-11(17-12)7-16-3/h4,9,11H,5-8H2,1-3H3,(H,13,14)/t11-/m1/s1. The lowest BCUT2D eigenvalue weighted by Crippen LogP contribution is -2.53. The minimum atomic E-state index is -0.124. The lowest BCUT2D eigenvalue weighted by molar-refractivity contribution is -0.154. The lowest BCUT2D eigenvalue weighted by atomic mass is 10.1. The molecule has 0 aliphatic carbocycles. The summed E-state index contributed by atoms with van der Waals surface area (Å²) in [6, 6.07) is 0. The average Bonchev–Trinajstić information content (AvgIpc) is 2.68. The summed E-state index contributed by atoms with van der Waals surface area (Å²) in [6.45, 7) is 7.59. The number of hydrogen-bond acceptors (Lipinski definition) is 4. The lowest BCUT2D eigenvalue weighted by Gasteiger charge is -2.42. The molecule has 1 aliphatic heterocycles. The molecule has 5 nitrogen and oxygen atoms in total. The van der Waals surface area contributed by atoms with Crippen molar-refractivity contribution in [3.63, 3.8) is 0 Å². The second kappa shape index (κ2) is 5.16. The van der Waals surface area contributed by atoms with Crippen LogP contribution in [0.5, 0.6) is 0 Å². The van der Waals surface area contributed by atoms with E-state index in [9.17, 15) is 0 Å². The third kappa shape index (κ3) is 3.52. The van der Waals surface area contributed by atoms with E-state index >= 15 is 0 Å². The van der Waals surface area contributed by atoms with Crippen molar-refractivity contribution in [2.24, 2.45) is 0 Å². The van der Waals surface area contributed by atoms with Crippen LogP contribution in [-0.2, 0) is 16.0 Å². The van der Waals surface area contributed by atoms with Crippen LogP contribution in [0.2, 0.25) is 0 Å². The van der Waals surface area contributed by atoms with Gasteiger partial charge in [0, 0.05) is 38.6 Å². The molecule has 5 heteroatoms. The Morgan fingerprint density at radius 1 is 1.65 bits per heavy atom. The van der Waals surface area contributed by atoms with Crippen molar-refractivity contribution in [3.8, 4) is 0 Å². The number of aromatic amines is 1. The molecule has 1 fully saturated rings. The van der Waals surface area contributed by atoms with Crippen LogP contribution in [0.1, 0.15) is 19.5 Å². The molecular formula is C12H21N3O2. The van der Waals surface area contributed by atoms with Crippen molar-refractivity contribution in [2.75, 3.05) is 26.8 Å². The molecule has 0 unspecified atom stereocenters. The third-order valence-electron chi connectivity index (χ3n) is 2.85. The van der Waals surface area contributed by atoms with E-state index in [2.05, 4.69) is 28.7 Å². The van der Waals surface area contributed by atoms with Crippen LogP contribution in [0.15, 0.2) is 12.5 Å². The molecule has 0 bridgehead atoms. The van der Waals surface area contributed by atoms with E-state index in [1.165, 1.54) is 0 Å². The van der Waals surface area contributed by atoms with Gasteiger partial charge in [0.1, 0.15) is 0 Å². The van der Waals surface area contributed by atoms with Gasteiger partial charge in [-0.1, -0.05) is 0 Å². The van der Waals surface area contributed by atoms with Gasteiger partial charge in [-0.05, 0) is 13.8 Å². The van der Waals surface area contributed by atoms with Crippen molar-refractivity contribution in [1.82, 2.24) is 14.9 Å². The monoisotopic (exact) mass is 239 g/mol.